The summed E-state index contributed by atoms with van der Waals surface area (Å²) in [6.45, 7) is 4.55. The van der Waals surface area contributed by atoms with Gasteiger partial charge in [0.15, 0.2) is 0 Å². The Morgan fingerprint density at radius 1 is 1.21 bits per heavy atom. The summed E-state index contributed by atoms with van der Waals surface area (Å²) in [5, 5.41) is 6.22. The Kier molecular flexibility index (Phi) is 7.35. The number of hydrogen-bond acceptors (Lipinski definition) is 3. The molecule has 156 valence electrons. The SMILES string of the molecule is O=C(CCC1CCN(C2CCCNC2)CC1)NCc1cccc(C(F)(F)F)c1. The highest BCUT2D eigenvalue weighted by Gasteiger charge is 2.30. The van der Waals surface area contributed by atoms with E-state index in [9.17, 15) is 18.0 Å². The first-order valence-electron chi connectivity index (χ1n) is 10.3. The minimum Gasteiger partial charge on any atom is -0.352 e. The minimum absolute atomic E-state index is 0.0867. The topological polar surface area (TPSA) is 44.4 Å². The van der Waals surface area contributed by atoms with Gasteiger partial charge in [-0.1, -0.05) is 12.1 Å². The number of hydrogen-bond donors (Lipinski definition) is 2. The van der Waals surface area contributed by atoms with Crippen molar-refractivity contribution >= 4 is 5.91 Å². The number of rotatable bonds is 6. The Morgan fingerprint density at radius 2 is 2.00 bits per heavy atom. The molecule has 2 aliphatic rings. The molecule has 7 heteroatoms. The van der Waals surface area contributed by atoms with Crippen LogP contribution in [-0.4, -0.2) is 43.0 Å². The second-order valence-electron chi connectivity index (χ2n) is 7.99. The highest BCUT2D eigenvalue weighted by atomic mass is 19.4. The van der Waals surface area contributed by atoms with Crippen molar-refractivity contribution in [2.24, 2.45) is 5.92 Å². The molecule has 2 heterocycles. The standard InChI is InChI=1S/C21H30F3N3O/c22-21(23,24)18-4-1-3-17(13-18)14-26-20(28)7-6-16-8-11-27(12-9-16)19-5-2-10-25-15-19/h1,3-4,13,16,19,25H,2,5-12,14-15H2,(H,26,28). The van der Waals surface area contributed by atoms with Crippen molar-refractivity contribution in [2.45, 2.75) is 57.3 Å². The molecule has 1 amide bonds. The van der Waals surface area contributed by atoms with Gasteiger partial charge in [-0.25, -0.2) is 0 Å². The van der Waals surface area contributed by atoms with Crippen molar-refractivity contribution in [1.29, 1.82) is 0 Å². The van der Waals surface area contributed by atoms with E-state index >= 15 is 0 Å². The Morgan fingerprint density at radius 3 is 2.68 bits per heavy atom. The molecule has 2 N–H and O–H groups in total. The zero-order valence-corrected chi connectivity index (χ0v) is 16.2. The fourth-order valence-corrected chi connectivity index (χ4v) is 4.23. The molecular formula is C21H30F3N3O. The maximum atomic E-state index is 12.7. The van der Waals surface area contributed by atoms with Crippen molar-refractivity contribution < 1.29 is 18.0 Å². The molecular weight excluding hydrogens is 367 g/mol. The summed E-state index contributed by atoms with van der Waals surface area (Å²) in [4.78, 5) is 14.7. The van der Waals surface area contributed by atoms with Crippen LogP contribution < -0.4 is 10.6 Å². The van der Waals surface area contributed by atoms with E-state index < -0.39 is 11.7 Å². The zero-order valence-electron chi connectivity index (χ0n) is 16.2. The van der Waals surface area contributed by atoms with E-state index in [0.717, 1.165) is 57.6 Å². The third-order valence-electron chi connectivity index (χ3n) is 5.96. The van der Waals surface area contributed by atoms with Crippen LogP contribution >= 0.6 is 0 Å². The van der Waals surface area contributed by atoms with Crippen LogP contribution in [0.15, 0.2) is 24.3 Å². The third kappa shape index (κ3) is 6.21. The molecule has 2 fully saturated rings. The maximum absolute atomic E-state index is 12.7. The minimum atomic E-state index is -4.36. The van der Waals surface area contributed by atoms with E-state index in [1.807, 2.05) is 0 Å². The Hall–Kier alpha value is -1.60. The van der Waals surface area contributed by atoms with Crippen molar-refractivity contribution in [2.75, 3.05) is 26.2 Å². The molecule has 1 unspecified atom stereocenters. The quantitative estimate of drug-likeness (QED) is 0.771. The Balaban J connectivity index is 1.35. The molecule has 0 radical (unpaired) electrons. The van der Waals surface area contributed by atoms with Gasteiger partial charge in [-0.05, 0) is 75.4 Å². The van der Waals surface area contributed by atoms with Gasteiger partial charge < -0.3 is 10.6 Å². The van der Waals surface area contributed by atoms with Gasteiger partial charge in [0, 0.05) is 25.6 Å². The third-order valence-corrected chi connectivity index (χ3v) is 5.96. The van der Waals surface area contributed by atoms with Gasteiger partial charge in [0.25, 0.3) is 0 Å². The lowest BCUT2D eigenvalue weighted by Gasteiger charge is -2.39. The number of piperidine rings is 2. The van der Waals surface area contributed by atoms with Gasteiger partial charge >= 0.3 is 6.18 Å². The monoisotopic (exact) mass is 397 g/mol. The number of likely N-dealkylation sites (tertiary alicyclic amines) is 1. The normalized spacial score (nSPS) is 22.2. The summed E-state index contributed by atoms with van der Waals surface area (Å²) in [6, 6.07) is 5.77. The van der Waals surface area contributed by atoms with Crippen molar-refractivity contribution in [3.05, 3.63) is 35.4 Å². The fraction of sp³-hybridized carbons (Fsp3) is 0.667. The molecule has 1 aromatic carbocycles. The van der Waals surface area contributed by atoms with Crippen molar-refractivity contribution in [3.8, 4) is 0 Å². The van der Waals surface area contributed by atoms with Crippen LogP contribution in [0.4, 0.5) is 13.2 Å². The first-order chi connectivity index (χ1) is 13.4. The summed E-state index contributed by atoms with van der Waals surface area (Å²) in [6.07, 6.45) is 1.70. The number of nitrogens with zero attached hydrogens (tertiary/aromatic N) is 1. The molecule has 2 aliphatic heterocycles. The van der Waals surface area contributed by atoms with Crippen molar-refractivity contribution in [3.63, 3.8) is 0 Å². The smallest absolute Gasteiger partial charge is 0.352 e. The predicted octanol–water partition coefficient (Wildman–Crippen LogP) is 3.57. The van der Waals surface area contributed by atoms with E-state index in [4.69, 9.17) is 0 Å². The zero-order chi connectivity index (χ0) is 20.0. The van der Waals surface area contributed by atoms with Gasteiger partial charge in [0.2, 0.25) is 5.91 Å². The molecule has 3 rings (SSSR count). The van der Waals surface area contributed by atoms with Gasteiger partial charge in [-0.2, -0.15) is 13.2 Å². The Bertz CT molecular complexity index is 636. The first kappa shape index (κ1) is 21.1. The van der Waals surface area contributed by atoms with Gasteiger partial charge in [0.1, 0.15) is 0 Å². The lowest BCUT2D eigenvalue weighted by atomic mass is 9.90. The number of carbonyl (C=O) groups excluding carboxylic acids is 1. The van der Waals surface area contributed by atoms with Crippen LogP contribution in [0.1, 0.15) is 49.7 Å². The van der Waals surface area contributed by atoms with Crippen LogP contribution in [0.2, 0.25) is 0 Å². The molecule has 0 spiro atoms. The summed E-state index contributed by atoms with van der Waals surface area (Å²) in [5.41, 5.74) is -0.211. The van der Waals surface area contributed by atoms with Crippen molar-refractivity contribution in [1.82, 2.24) is 15.5 Å². The summed E-state index contributed by atoms with van der Waals surface area (Å²) < 4.78 is 38.2. The molecule has 0 bridgehead atoms. The largest absolute Gasteiger partial charge is 0.416 e. The number of benzene rings is 1. The van der Waals surface area contributed by atoms with E-state index in [1.165, 1.54) is 18.9 Å². The summed E-state index contributed by atoms with van der Waals surface area (Å²) in [7, 11) is 0. The second-order valence-corrected chi connectivity index (χ2v) is 7.99. The average molecular weight is 397 g/mol. The first-order valence-corrected chi connectivity index (χ1v) is 10.3. The van der Waals surface area contributed by atoms with E-state index in [2.05, 4.69) is 15.5 Å². The van der Waals surface area contributed by atoms with E-state index in [0.29, 0.717) is 23.9 Å². The number of nitrogens with one attached hydrogen (secondary N) is 2. The molecule has 0 aromatic heterocycles. The molecule has 4 nitrogen and oxygen atoms in total. The number of alkyl halides is 3. The lowest BCUT2D eigenvalue weighted by molar-refractivity contribution is -0.137. The maximum Gasteiger partial charge on any atom is 0.416 e. The van der Waals surface area contributed by atoms with E-state index in [1.54, 1.807) is 6.07 Å². The highest BCUT2D eigenvalue weighted by Crippen LogP contribution is 2.29. The number of amides is 1. The fourth-order valence-electron chi connectivity index (χ4n) is 4.23. The van der Waals surface area contributed by atoms with Gasteiger partial charge in [-0.3, -0.25) is 9.69 Å². The second kappa shape index (κ2) is 9.74. The molecule has 0 aliphatic carbocycles. The molecule has 0 saturated carbocycles. The van der Waals surface area contributed by atoms with Crippen LogP contribution in [0, 0.1) is 5.92 Å². The summed E-state index contributed by atoms with van der Waals surface area (Å²) in [5.74, 6) is 0.475. The van der Waals surface area contributed by atoms with Gasteiger partial charge in [0.05, 0.1) is 5.56 Å². The number of halogens is 3. The summed E-state index contributed by atoms with van der Waals surface area (Å²) >= 11 is 0. The van der Waals surface area contributed by atoms with E-state index in [-0.39, 0.29) is 12.5 Å². The molecule has 2 saturated heterocycles. The van der Waals surface area contributed by atoms with Crippen LogP contribution in [-0.2, 0) is 17.5 Å². The molecule has 1 aromatic rings. The highest BCUT2D eigenvalue weighted by molar-refractivity contribution is 5.75. The molecule has 28 heavy (non-hydrogen) atoms. The van der Waals surface area contributed by atoms with Crippen LogP contribution in [0.25, 0.3) is 0 Å². The van der Waals surface area contributed by atoms with Crippen LogP contribution in [0.5, 0.6) is 0 Å². The number of carbonyl (C=O) groups is 1. The Labute approximate surface area is 164 Å². The lowest BCUT2D eigenvalue weighted by Crippen LogP contribution is -2.49. The predicted molar refractivity (Wildman–Crippen MR) is 103 cm³/mol. The molecule has 1 atom stereocenters. The average Bonchev–Trinajstić information content (AvgIpc) is 2.71. The van der Waals surface area contributed by atoms with Gasteiger partial charge in [-0.15, -0.1) is 0 Å². The van der Waals surface area contributed by atoms with Crippen LogP contribution in [0.3, 0.4) is 0 Å².